The van der Waals surface area contributed by atoms with Gasteiger partial charge in [0.15, 0.2) is 0 Å². The summed E-state index contributed by atoms with van der Waals surface area (Å²) < 4.78 is 25.6. The van der Waals surface area contributed by atoms with Crippen molar-refractivity contribution in [3.05, 3.63) is 107 Å². The maximum absolute atomic E-state index is 13.5. The Kier molecular flexibility index (Phi) is 12.4. The monoisotopic (exact) mass is 675 g/mol. The maximum Gasteiger partial charge on any atom is 0.338 e. The number of esters is 2. The number of rotatable bonds is 13. The van der Waals surface area contributed by atoms with Crippen LogP contribution < -0.4 is 10.4 Å². The fourth-order valence-electron chi connectivity index (χ4n) is 5.90. The smallest absolute Gasteiger partial charge is 0.338 e. The van der Waals surface area contributed by atoms with Crippen molar-refractivity contribution in [2.45, 2.75) is 75.4 Å². The van der Waals surface area contributed by atoms with E-state index in [1.165, 1.54) is 18.7 Å². The highest BCUT2D eigenvalue weighted by Gasteiger charge is 2.54. The van der Waals surface area contributed by atoms with Crippen LogP contribution in [0.3, 0.4) is 0 Å². The topological polar surface area (TPSA) is 137 Å². The lowest BCUT2D eigenvalue weighted by Crippen LogP contribution is -2.68. The van der Waals surface area contributed by atoms with Crippen LogP contribution in [0, 0.1) is 0 Å². The van der Waals surface area contributed by atoms with Crippen molar-refractivity contribution in [3.63, 3.8) is 0 Å². The van der Waals surface area contributed by atoms with Gasteiger partial charge in [0.2, 0.25) is 0 Å². The standard InChI is InChI=1S/C35H41N3O7SSi/c1-24(39)21-22-29(40)44-32-30(37-38-36)31(45-33(41)25-15-9-6-10-16-25)28(43-34(32)46-5)23-42-47(35(2,3)4,26-17-11-7-12-18-26)27-19-13-8-14-20-27/h6-20,28,30-32,34H,21-23H2,1-5H3/t28?,30-,31-,32?,34-/m0/s1. The quantitative estimate of drug-likeness (QED) is 0.0725. The summed E-state index contributed by atoms with van der Waals surface area (Å²) >= 11 is 1.27. The Labute approximate surface area is 280 Å². The molecule has 10 nitrogen and oxygen atoms in total. The molecular weight excluding hydrogens is 635 g/mol. The van der Waals surface area contributed by atoms with E-state index in [1.807, 2.05) is 36.4 Å². The molecule has 1 aliphatic heterocycles. The molecule has 1 aliphatic rings. The molecular formula is C35H41N3O7SSi. The van der Waals surface area contributed by atoms with Crippen LogP contribution in [0.4, 0.5) is 0 Å². The van der Waals surface area contributed by atoms with Crippen molar-refractivity contribution < 1.29 is 33.0 Å². The van der Waals surface area contributed by atoms with Crippen LogP contribution in [0.1, 0.15) is 50.9 Å². The second kappa shape index (κ2) is 16.3. The minimum atomic E-state index is -3.05. The van der Waals surface area contributed by atoms with Crippen LogP contribution in [-0.4, -0.2) is 68.7 Å². The molecule has 1 saturated heterocycles. The number of Topliss-reactive ketones (excluding diaryl/α,β-unsaturated/α-hetero) is 1. The third-order valence-electron chi connectivity index (χ3n) is 8.12. The third-order valence-corrected chi connectivity index (χ3v) is 14.0. The van der Waals surface area contributed by atoms with Gasteiger partial charge in [-0.1, -0.05) is 105 Å². The van der Waals surface area contributed by atoms with Crippen molar-refractivity contribution in [3.8, 4) is 0 Å². The number of hydrogen-bond donors (Lipinski definition) is 0. The average Bonchev–Trinajstić information content (AvgIpc) is 3.06. The summed E-state index contributed by atoms with van der Waals surface area (Å²) in [6.45, 7) is 7.83. The number of thioether (sulfide) groups is 1. The Bertz CT molecular complexity index is 1510. The molecule has 0 aliphatic carbocycles. The molecule has 0 N–H and O–H groups in total. The van der Waals surface area contributed by atoms with E-state index < -0.39 is 50.0 Å². The molecule has 2 unspecified atom stereocenters. The average molecular weight is 676 g/mol. The molecule has 1 heterocycles. The first kappa shape index (κ1) is 35.9. The van der Waals surface area contributed by atoms with Crippen molar-refractivity contribution in [2.24, 2.45) is 5.11 Å². The highest BCUT2D eigenvalue weighted by atomic mass is 32.2. The third kappa shape index (κ3) is 8.51. The van der Waals surface area contributed by atoms with Gasteiger partial charge in [-0.3, -0.25) is 4.79 Å². The molecule has 1 fully saturated rings. The summed E-state index contributed by atoms with van der Waals surface area (Å²) in [6.07, 6.45) is -1.53. The summed E-state index contributed by atoms with van der Waals surface area (Å²) in [5.74, 6) is -1.47. The molecule has 47 heavy (non-hydrogen) atoms. The van der Waals surface area contributed by atoms with E-state index in [0.29, 0.717) is 5.56 Å². The van der Waals surface area contributed by atoms with E-state index in [1.54, 1.807) is 36.6 Å². The number of nitrogens with zero attached hydrogens (tertiary/aromatic N) is 3. The van der Waals surface area contributed by atoms with Gasteiger partial charge < -0.3 is 23.4 Å². The van der Waals surface area contributed by atoms with Crippen molar-refractivity contribution in [1.82, 2.24) is 0 Å². The number of carbonyl (C=O) groups is 3. The number of benzene rings is 3. The lowest BCUT2D eigenvalue weighted by Gasteiger charge is -2.47. The molecule has 0 amide bonds. The van der Waals surface area contributed by atoms with Crippen LogP contribution in [0.2, 0.25) is 5.04 Å². The molecule has 0 radical (unpaired) electrons. The van der Waals surface area contributed by atoms with E-state index in [-0.39, 0.29) is 30.3 Å². The summed E-state index contributed by atoms with van der Waals surface area (Å²) in [5.41, 5.74) is 9.19. The van der Waals surface area contributed by atoms with Gasteiger partial charge in [-0.15, -0.1) is 11.8 Å². The van der Waals surface area contributed by atoms with Crippen LogP contribution in [0.25, 0.3) is 10.4 Å². The highest BCUT2D eigenvalue weighted by Crippen LogP contribution is 2.39. The van der Waals surface area contributed by atoms with Crippen molar-refractivity contribution >= 4 is 48.2 Å². The first-order valence-electron chi connectivity index (χ1n) is 15.4. The molecule has 4 rings (SSSR count). The largest absolute Gasteiger partial charge is 0.458 e. The number of hydrogen-bond acceptors (Lipinski definition) is 9. The summed E-state index contributed by atoms with van der Waals surface area (Å²) in [4.78, 5) is 40.9. The molecule has 3 aromatic carbocycles. The Morgan fingerprint density at radius 2 is 1.43 bits per heavy atom. The number of carbonyl (C=O) groups excluding carboxylic acids is 3. The zero-order valence-electron chi connectivity index (χ0n) is 27.3. The number of ketones is 1. The van der Waals surface area contributed by atoms with E-state index >= 15 is 0 Å². The number of ether oxygens (including phenoxy) is 3. The van der Waals surface area contributed by atoms with E-state index in [2.05, 4.69) is 55.1 Å². The molecule has 3 aromatic rings. The maximum atomic E-state index is 13.5. The Morgan fingerprint density at radius 1 is 0.872 bits per heavy atom. The zero-order chi connectivity index (χ0) is 34.0. The minimum Gasteiger partial charge on any atom is -0.458 e. The molecule has 0 spiro atoms. The molecule has 12 heteroatoms. The lowest BCUT2D eigenvalue weighted by molar-refractivity contribution is -0.186. The Balaban J connectivity index is 1.77. The van der Waals surface area contributed by atoms with E-state index in [9.17, 15) is 19.9 Å². The van der Waals surface area contributed by atoms with E-state index in [0.717, 1.165) is 10.4 Å². The highest BCUT2D eigenvalue weighted by molar-refractivity contribution is 7.99. The summed E-state index contributed by atoms with van der Waals surface area (Å²) in [5, 5.41) is 5.78. The fourth-order valence-corrected chi connectivity index (χ4v) is 11.2. The molecule has 0 aromatic heterocycles. The van der Waals surface area contributed by atoms with Gasteiger partial charge in [0.25, 0.3) is 8.32 Å². The van der Waals surface area contributed by atoms with Gasteiger partial charge in [0.1, 0.15) is 35.6 Å². The van der Waals surface area contributed by atoms with Gasteiger partial charge in [0, 0.05) is 11.3 Å². The van der Waals surface area contributed by atoms with Crippen molar-refractivity contribution in [1.29, 1.82) is 0 Å². The summed E-state index contributed by atoms with van der Waals surface area (Å²) in [7, 11) is -3.05. The predicted octanol–water partition coefficient (Wildman–Crippen LogP) is 5.84. The molecule has 0 saturated carbocycles. The zero-order valence-corrected chi connectivity index (χ0v) is 29.1. The van der Waals surface area contributed by atoms with Crippen LogP contribution >= 0.6 is 11.8 Å². The number of azide groups is 1. The SMILES string of the molecule is CS[C@@H]1OC(CO[Si](c2ccccc2)(c2ccccc2)C(C)(C)C)[C@H](OC(=O)c2ccccc2)[C@H](N=[N+]=[N-])C1OC(=O)CCC(C)=O. The Morgan fingerprint density at radius 3 is 1.91 bits per heavy atom. The normalized spacial score (nSPS) is 21.3. The molecule has 0 bridgehead atoms. The van der Waals surface area contributed by atoms with Gasteiger partial charge >= 0.3 is 11.9 Å². The first-order chi connectivity index (χ1) is 22.5. The van der Waals surface area contributed by atoms with Gasteiger partial charge in [-0.2, -0.15) is 0 Å². The minimum absolute atomic E-state index is 0.00387. The molecule has 248 valence electrons. The predicted molar refractivity (Wildman–Crippen MR) is 184 cm³/mol. The molecule has 5 atom stereocenters. The van der Waals surface area contributed by atoms with Gasteiger partial charge in [0.05, 0.1) is 18.6 Å². The van der Waals surface area contributed by atoms with Gasteiger partial charge in [-0.05, 0) is 46.3 Å². The van der Waals surface area contributed by atoms with Crippen molar-refractivity contribution in [2.75, 3.05) is 12.9 Å². The van der Waals surface area contributed by atoms with Crippen LogP contribution in [0.15, 0.2) is 96.1 Å². The second-order valence-corrected chi connectivity index (χ2v) is 17.6. The first-order valence-corrected chi connectivity index (χ1v) is 18.6. The van der Waals surface area contributed by atoms with E-state index in [4.69, 9.17) is 18.6 Å². The van der Waals surface area contributed by atoms with Gasteiger partial charge in [-0.25, -0.2) is 4.79 Å². The summed E-state index contributed by atoms with van der Waals surface area (Å²) in [6, 6.07) is 27.5. The van der Waals surface area contributed by atoms with Crippen LogP contribution in [-0.2, 0) is 28.2 Å². The second-order valence-electron chi connectivity index (χ2n) is 12.3. The van der Waals surface area contributed by atoms with Crippen LogP contribution in [0.5, 0.6) is 0 Å². The Hall–Kier alpha value is -3.93. The lowest BCUT2D eigenvalue weighted by atomic mass is 9.97. The fraction of sp³-hybridized carbons (Fsp3) is 0.400.